The lowest BCUT2D eigenvalue weighted by Crippen LogP contribution is -2.12. The molecule has 0 fully saturated rings. The van der Waals surface area contributed by atoms with E-state index in [9.17, 15) is 121 Å². The maximum Gasteiger partial charge on any atom is 0.417 e. The Morgan fingerprint density at radius 1 is 0.240 bits per heavy atom. The van der Waals surface area contributed by atoms with E-state index in [0.29, 0.717) is 48.5 Å². The first-order valence-electron chi connectivity index (χ1n) is 28.3. The Hall–Kier alpha value is -11.4. The predicted octanol–water partition coefficient (Wildman–Crippen LogP) is 24.0. The third-order valence-electron chi connectivity index (χ3n) is 16.6. The van der Waals surface area contributed by atoms with Gasteiger partial charge in [-0.2, -0.15) is 121 Å². The van der Waals surface area contributed by atoms with Gasteiger partial charge in [-0.15, -0.1) is 0 Å². The van der Waals surface area contributed by atoms with Gasteiger partial charge >= 0.3 is 49.4 Å². The van der Waals surface area contributed by atoms with Crippen molar-refractivity contribution in [2.24, 2.45) is 0 Å². The monoisotopic (exact) mass is 1410 g/mol. The molecule has 12 rings (SSSR count). The van der Waals surface area contributed by atoms with E-state index < -0.39 is 150 Å². The molecule has 0 amide bonds. The van der Waals surface area contributed by atoms with Crippen LogP contribution in [0.5, 0.6) is 0 Å². The average Bonchev–Trinajstić information content (AvgIpc) is 1.55. The van der Waals surface area contributed by atoms with Gasteiger partial charge in [0.05, 0.1) is 101 Å². The Morgan fingerprint density at radius 2 is 0.510 bits per heavy atom. The van der Waals surface area contributed by atoms with Crippen LogP contribution in [-0.2, 0) is 49.4 Å². The molecular formula is C71H29F24N5. The van der Waals surface area contributed by atoms with Crippen molar-refractivity contribution >= 4 is 43.6 Å². The summed E-state index contributed by atoms with van der Waals surface area (Å²) in [5, 5.41) is 31.2. The fourth-order valence-corrected chi connectivity index (χ4v) is 12.3. The second-order valence-electron chi connectivity index (χ2n) is 22.6. The SMILES string of the molecule is N#Cc1cc(C#N)cc(-c2ccc(-n3c4ccc(-c5ccc(C(F)(F)F)cc5C(F)(F)F)cc4c4cc(-c5ccc(C(F)(F)F)cc5C(F)(F)F)ccc43)c(C#N)c2-n2c3ccc(-c4ccc(C(F)(F)F)cc4C(F)(F)F)cc3c3cc(-c4ccc(C(F)(F)F)cc4C(F)(F)F)ccc32)c1. The van der Waals surface area contributed by atoms with Gasteiger partial charge in [-0.25, -0.2) is 0 Å². The molecule has 0 saturated carbocycles. The zero-order valence-electron chi connectivity index (χ0n) is 49.1. The second kappa shape index (κ2) is 23.4. The molecule has 506 valence electrons. The third-order valence-corrected chi connectivity index (χ3v) is 16.6. The van der Waals surface area contributed by atoms with E-state index in [-0.39, 0.29) is 95.8 Å². The van der Waals surface area contributed by atoms with Gasteiger partial charge in [-0.1, -0.05) is 54.6 Å². The van der Waals surface area contributed by atoms with Crippen LogP contribution in [0, 0.1) is 34.0 Å². The Morgan fingerprint density at radius 3 is 0.760 bits per heavy atom. The van der Waals surface area contributed by atoms with Crippen LogP contribution < -0.4 is 0 Å². The highest BCUT2D eigenvalue weighted by Crippen LogP contribution is 2.51. The van der Waals surface area contributed by atoms with E-state index in [1.807, 2.05) is 18.2 Å². The van der Waals surface area contributed by atoms with E-state index in [1.165, 1.54) is 33.4 Å². The minimum Gasteiger partial charge on any atom is -0.308 e. The number of hydrogen-bond acceptors (Lipinski definition) is 3. The molecule has 0 radical (unpaired) electrons. The van der Waals surface area contributed by atoms with Gasteiger partial charge in [-0.3, -0.25) is 0 Å². The molecule has 5 nitrogen and oxygen atoms in total. The Kier molecular flexibility index (Phi) is 16.0. The Balaban J connectivity index is 1.22. The van der Waals surface area contributed by atoms with Crippen molar-refractivity contribution < 1.29 is 105 Å². The Labute approximate surface area is 544 Å². The standard InChI is InChI=1S/C71H29F24N5/c72-64(73,74)40-5-9-44(54(26-40)68(84,85)86)35-1-14-58-49(22-35)50-23-36(45-10-6-41(65(75,76)77)27-55(45)69(87,88)89)2-15-59(50)99(58)62-18-13-48(39-20-33(30-96)19-34(21-39)31-97)63(53(62)32-98)100-60-16-3-37(46-11-7-42(66(78,79)80)28-56(46)70(90,91)92)24-51(60)52-25-38(4-17-61(52)100)47-12-8-43(67(81,82)83)29-57(47)71(93,94)95/h1-29H. The van der Waals surface area contributed by atoms with Crippen LogP contribution in [-0.4, -0.2) is 9.13 Å². The van der Waals surface area contributed by atoms with Crippen molar-refractivity contribution in [1.29, 1.82) is 15.8 Å². The minimum atomic E-state index is -5.53. The molecule has 0 aliphatic heterocycles. The number of nitrogens with zero attached hydrogens (tertiary/aromatic N) is 5. The molecule has 10 aromatic carbocycles. The summed E-state index contributed by atoms with van der Waals surface area (Å²) < 4.78 is 350. The topological polar surface area (TPSA) is 81.2 Å². The molecule has 2 aromatic heterocycles. The summed E-state index contributed by atoms with van der Waals surface area (Å²) in [6.45, 7) is 0. The quantitative estimate of drug-likeness (QED) is 0.149. The molecule has 29 heteroatoms. The van der Waals surface area contributed by atoms with Crippen molar-refractivity contribution in [1.82, 2.24) is 9.13 Å². The van der Waals surface area contributed by atoms with E-state index >= 15 is 0 Å². The Bertz CT molecular complexity index is 5230. The van der Waals surface area contributed by atoms with Crippen molar-refractivity contribution in [3.8, 4) is 85.2 Å². The van der Waals surface area contributed by atoms with Gasteiger partial charge in [0.15, 0.2) is 0 Å². The lowest BCUT2D eigenvalue weighted by molar-refractivity contribution is -0.144. The number of aromatic nitrogens is 2. The van der Waals surface area contributed by atoms with Crippen molar-refractivity contribution in [2.75, 3.05) is 0 Å². The first kappa shape index (κ1) is 68.5. The van der Waals surface area contributed by atoms with Gasteiger partial charge in [0.2, 0.25) is 0 Å². The van der Waals surface area contributed by atoms with Gasteiger partial charge in [0, 0.05) is 27.1 Å². The van der Waals surface area contributed by atoms with Crippen LogP contribution in [0.15, 0.2) is 176 Å². The van der Waals surface area contributed by atoms with Crippen LogP contribution in [0.4, 0.5) is 105 Å². The smallest absolute Gasteiger partial charge is 0.308 e. The molecule has 0 N–H and O–H groups in total. The van der Waals surface area contributed by atoms with E-state index in [2.05, 4.69) is 0 Å². The number of rotatable bonds is 7. The summed E-state index contributed by atoms with van der Waals surface area (Å²) in [6.07, 6.45) is -43.4. The van der Waals surface area contributed by atoms with Crippen LogP contribution >= 0.6 is 0 Å². The maximum absolute atomic E-state index is 15.0. The number of benzene rings is 10. The van der Waals surface area contributed by atoms with Gasteiger partial charge in [0.25, 0.3) is 0 Å². The average molecular weight is 1410 g/mol. The summed E-state index contributed by atoms with van der Waals surface area (Å²) in [4.78, 5) is 0. The lowest BCUT2D eigenvalue weighted by atomic mass is 9.94. The number of nitriles is 3. The molecule has 0 spiro atoms. The molecule has 100 heavy (non-hydrogen) atoms. The number of fused-ring (bicyclic) bond motifs is 6. The summed E-state index contributed by atoms with van der Waals surface area (Å²) >= 11 is 0. The molecule has 0 aliphatic rings. The lowest BCUT2D eigenvalue weighted by Gasteiger charge is -2.21. The number of hydrogen-bond donors (Lipinski definition) is 0. The van der Waals surface area contributed by atoms with Crippen molar-refractivity contribution in [3.63, 3.8) is 0 Å². The summed E-state index contributed by atoms with van der Waals surface area (Å²) in [5.41, 5.74) is -22.8. The number of halogens is 24. The van der Waals surface area contributed by atoms with Crippen LogP contribution in [0.1, 0.15) is 61.2 Å². The van der Waals surface area contributed by atoms with Crippen LogP contribution in [0.25, 0.3) is 111 Å². The zero-order valence-corrected chi connectivity index (χ0v) is 49.1. The van der Waals surface area contributed by atoms with Crippen molar-refractivity contribution in [2.45, 2.75) is 49.4 Å². The molecule has 0 aliphatic carbocycles. The molecular weight excluding hydrogens is 1380 g/mol. The fourth-order valence-electron chi connectivity index (χ4n) is 12.3. The normalized spacial score (nSPS) is 13.0. The zero-order chi connectivity index (χ0) is 72.7. The first-order valence-corrected chi connectivity index (χ1v) is 28.3. The van der Waals surface area contributed by atoms with Gasteiger partial charge in [0.1, 0.15) is 11.6 Å². The summed E-state index contributed by atoms with van der Waals surface area (Å²) in [7, 11) is 0. The van der Waals surface area contributed by atoms with E-state index in [1.54, 1.807) is 0 Å². The minimum absolute atomic E-state index is 0.0958. The molecule has 0 saturated heterocycles. The molecule has 0 atom stereocenters. The first-order chi connectivity index (χ1) is 46.5. The third kappa shape index (κ3) is 12.2. The highest BCUT2D eigenvalue weighted by Gasteiger charge is 2.43. The van der Waals surface area contributed by atoms with Crippen LogP contribution in [0.2, 0.25) is 0 Å². The predicted molar refractivity (Wildman–Crippen MR) is 316 cm³/mol. The largest absolute Gasteiger partial charge is 0.417 e. The van der Waals surface area contributed by atoms with Gasteiger partial charge in [-0.05, 0) is 171 Å². The molecule has 2 heterocycles. The van der Waals surface area contributed by atoms with Crippen molar-refractivity contribution in [3.05, 3.63) is 237 Å². The summed E-state index contributed by atoms with van der Waals surface area (Å²) in [5.74, 6) is 0. The fraction of sp³-hybridized carbons (Fsp3) is 0.113. The van der Waals surface area contributed by atoms with E-state index in [4.69, 9.17) is 0 Å². The molecule has 0 unspecified atom stereocenters. The van der Waals surface area contributed by atoms with Gasteiger partial charge < -0.3 is 9.13 Å². The summed E-state index contributed by atoms with van der Waals surface area (Å²) in [6, 6.07) is 26.4. The molecule has 0 bridgehead atoms. The maximum atomic E-state index is 15.0. The van der Waals surface area contributed by atoms with Crippen LogP contribution in [0.3, 0.4) is 0 Å². The second-order valence-corrected chi connectivity index (χ2v) is 22.6. The van der Waals surface area contributed by atoms with E-state index in [0.717, 1.165) is 78.9 Å². The highest BCUT2D eigenvalue weighted by atomic mass is 19.4. The number of alkyl halides is 24. The highest BCUT2D eigenvalue weighted by molar-refractivity contribution is 6.14. The molecule has 12 aromatic rings.